The van der Waals surface area contributed by atoms with Gasteiger partial charge in [0.25, 0.3) is 5.56 Å². The molecule has 0 N–H and O–H groups in total. The lowest BCUT2D eigenvalue weighted by Gasteiger charge is -2.32. The standard InChI is InChI=1S/C25H27N3O2S/c29-24-12-11-23(22-9-5-2-6-10-22)26-28(24)17-20-13-15-27(16-14-20)25(30)19-31-18-21-7-3-1-4-8-21/h1-12,20H,13-19H2. The van der Waals surface area contributed by atoms with Crippen molar-refractivity contribution < 1.29 is 4.79 Å². The van der Waals surface area contributed by atoms with Crippen molar-refractivity contribution in [1.29, 1.82) is 0 Å². The Morgan fingerprint density at radius 1 is 0.935 bits per heavy atom. The van der Waals surface area contributed by atoms with Crippen molar-refractivity contribution in [2.24, 2.45) is 5.92 Å². The third kappa shape index (κ3) is 5.85. The van der Waals surface area contributed by atoms with Gasteiger partial charge in [0.1, 0.15) is 0 Å². The molecule has 0 saturated carbocycles. The number of piperidine rings is 1. The molecule has 1 aliphatic rings. The van der Waals surface area contributed by atoms with Crippen LogP contribution < -0.4 is 5.56 Å². The van der Waals surface area contributed by atoms with Crippen molar-refractivity contribution in [1.82, 2.24) is 14.7 Å². The molecule has 0 spiro atoms. The molecule has 1 amide bonds. The van der Waals surface area contributed by atoms with Crippen molar-refractivity contribution >= 4 is 17.7 Å². The summed E-state index contributed by atoms with van der Waals surface area (Å²) in [5.74, 6) is 1.94. The Morgan fingerprint density at radius 3 is 2.32 bits per heavy atom. The van der Waals surface area contributed by atoms with Gasteiger partial charge in [0, 0.05) is 37.0 Å². The molecule has 1 saturated heterocycles. The van der Waals surface area contributed by atoms with E-state index in [0.717, 1.165) is 42.9 Å². The van der Waals surface area contributed by atoms with Crippen LogP contribution in [-0.2, 0) is 17.1 Å². The molecule has 0 radical (unpaired) electrons. The van der Waals surface area contributed by atoms with Crippen molar-refractivity contribution in [3.8, 4) is 11.3 Å². The van der Waals surface area contributed by atoms with Crippen LogP contribution in [0.1, 0.15) is 18.4 Å². The Balaban J connectivity index is 1.27. The van der Waals surface area contributed by atoms with E-state index in [0.29, 0.717) is 18.2 Å². The fraction of sp³-hybridized carbons (Fsp3) is 0.320. The molecule has 0 unspecified atom stereocenters. The van der Waals surface area contributed by atoms with Crippen LogP contribution in [0, 0.1) is 5.92 Å². The van der Waals surface area contributed by atoms with Gasteiger partial charge in [-0.25, -0.2) is 4.68 Å². The third-order valence-corrected chi connectivity index (χ3v) is 6.66. The number of carbonyl (C=O) groups is 1. The second kappa shape index (κ2) is 10.4. The molecule has 5 nitrogen and oxygen atoms in total. The van der Waals surface area contributed by atoms with E-state index in [1.807, 2.05) is 53.4 Å². The van der Waals surface area contributed by atoms with Crippen LogP contribution >= 0.6 is 11.8 Å². The second-order valence-electron chi connectivity index (χ2n) is 7.91. The van der Waals surface area contributed by atoms with Crippen LogP contribution in [0.2, 0.25) is 0 Å². The number of likely N-dealkylation sites (tertiary alicyclic amines) is 1. The molecule has 3 aromatic rings. The van der Waals surface area contributed by atoms with Crippen LogP contribution in [0.25, 0.3) is 11.3 Å². The van der Waals surface area contributed by atoms with Gasteiger partial charge in [0.15, 0.2) is 0 Å². The first-order valence-corrected chi connectivity index (χ1v) is 11.9. The Kier molecular flexibility index (Phi) is 7.20. The average molecular weight is 434 g/mol. The Labute approximate surface area is 187 Å². The van der Waals surface area contributed by atoms with Crippen LogP contribution in [0.5, 0.6) is 0 Å². The maximum Gasteiger partial charge on any atom is 0.266 e. The van der Waals surface area contributed by atoms with Gasteiger partial charge in [-0.2, -0.15) is 5.10 Å². The average Bonchev–Trinajstić information content (AvgIpc) is 2.82. The first kappa shape index (κ1) is 21.4. The molecule has 1 aromatic heterocycles. The lowest BCUT2D eigenvalue weighted by Crippen LogP contribution is -2.41. The van der Waals surface area contributed by atoms with E-state index in [1.165, 1.54) is 5.56 Å². The number of hydrogen-bond donors (Lipinski definition) is 0. The minimum Gasteiger partial charge on any atom is -0.342 e. The molecule has 0 aliphatic carbocycles. The number of carbonyl (C=O) groups excluding carboxylic acids is 1. The highest BCUT2D eigenvalue weighted by molar-refractivity contribution is 7.99. The highest BCUT2D eigenvalue weighted by Gasteiger charge is 2.23. The number of nitrogens with zero attached hydrogens (tertiary/aromatic N) is 3. The predicted molar refractivity (Wildman–Crippen MR) is 126 cm³/mol. The number of aromatic nitrogens is 2. The molecule has 2 heterocycles. The van der Waals surface area contributed by atoms with Gasteiger partial charge in [0.05, 0.1) is 11.4 Å². The zero-order valence-electron chi connectivity index (χ0n) is 17.5. The van der Waals surface area contributed by atoms with Gasteiger partial charge in [-0.15, -0.1) is 11.8 Å². The molecule has 0 bridgehead atoms. The van der Waals surface area contributed by atoms with Crippen LogP contribution in [0.4, 0.5) is 0 Å². The molecule has 2 aromatic carbocycles. The summed E-state index contributed by atoms with van der Waals surface area (Å²) in [5.41, 5.74) is 2.98. The topological polar surface area (TPSA) is 55.2 Å². The van der Waals surface area contributed by atoms with Gasteiger partial charge < -0.3 is 4.90 Å². The van der Waals surface area contributed by atoms with Gasteiger partial charge >= 0.3 is 0 Å². The van der Waals surface area contributed by atoms with Crippen LogP contribution in [0.15, 0.2) is 77.6 Å². The summed E-state index contributed by atoms with van der Waals surface area (Å²) in [6.45, 7) is 2.11. The molecule has 6 heteroatoms. The van der Waals surface area contributed by atoms with E-state index >= 15 is 0 Å². The molecule has 1 fully saturated rings. The molecular weight excluding hydrogens is 406 g/mol. The van der Waals surface area contributed by atoms with E-state index < -0.39 is 0 Å². The minimum atomic E-state index is -0.0736. The second-order valence-corrected chi connectivity index (χ2v) is 8.89. The molecule has 31 heavy (non-hydrogen) atoms. The molecule has 4 rings (SSSR count). The van der Waals surface area contributed by atoms with Crippen LogP contribution in [-0.4, -0.2) is 39.4 Å². The van der Waals surface area contributed by atoms with Crippen molar-refractivity contribution in [3.05, 3.63) is 88.7 Å². The highest BCUT2D eigenvalue weighted by atomic mass is 32.2. The fourth-order valence-electron chi connectivity index (χ4n) is 3.87. The van der Waals surface area contributed by atoms with E-state index in [1.54, 1.807) is 28.6 Å². The SMILES string of the molecule is O=C(CSCc1ccccc1)N1CCC(Cn2nc(-c3ccccc3)ccc2=O)CC1. The van der Waals surface area contributed by atoms with Crippen molar-refractivity contribution in [2.45, 2.75) is 25.1 Å². The first-order chi connectivity index (χ1) is 15.2. The van der Waals surface area contributed by atoms with Crippen molar-refractivity contribution in [2.75, 3.05) is 18.8 Å². The van der Waals surface area contributed by atoms with Crippen LogP contribution in [0.3, 0.4) is 0 Å². The zero-order chi connectivity index (χ0) is 21.5. The maximum atomic E-state index is 12.5. The predicted octanol–water partition coefficient (Wildman–Crippen LogP) is 4.08. The van der Waals surface area contributed by atoms with Gasteiger partial charge in [0.2, 0.25) is 5.91 Å². The summed E-state index contributed by atoms with van der Waals surface area (Å²) in [6.07, 6.45) is 1.80. The summed E-state index contributed by atoms with van der Waals surface area (Å²) in [7, 11) is 0. The summed E-state index contributed by atoms with van der Waals surface area (Å²) in [5, 5.41) is 4.58. The smallest absolute Gasteiger partial charge is 0.266 e. The number of amides is 1. The minimum absolute atomic E-state index is 0.0736. The molecule has 160 valence electrons. The normalized spacial score (nSPS) is 14.5. The zero-order valence-corrected chi connectivity index (χ0v) is 18.3. The van der Waals surface area contributed by atoms with Gasteiger partial charge in [-0.05, 0) is 30.4 Å². The Bertz CT molecular complexity index is 1050. The van der Waals surface area contributed by atoms with E-state index in [2.05, 4.69) is 17.2 Å². The van der Waals surface area contributed by atoms with Gasteiger partial charge in [-0.1, -0.05) is 60.7 Å². The lowest BCUT2D eigenvalue weighted by atomic mass is 9.97. The first-order valence-electron chi connectivity index (χ1n) is 10.7. The van der Waals surface area contributed by atoms with E-state index in [9.17, 15) is 9.59 Å². The number of benzene rings is 2. The maximum absolute atomic E-state index is 12.5. The third-order valence-electron chi connectivity index (χ3n) is 5.67. The quantitative estimate of drug-likeness (QED) is 0.563. The monoisotopic (exact) mass is 433 g/mol. The lowest BCUT2D eigenvalue weighted by molar-refractivity contribution is -0.129. The molecule has 0 atom stereocenters. The van der Waals surface area contributed by atoms with E-state index in [4.69, 9.17) is 0 Å². The number of thioether (sulfide) groups is 1. The number of rotatable bonds is 7. The summed E-state index contributed by atoms with van der Waals surface area (Å²) in [4.78, 5) is 26.8. The van der Waals surface area contributed by atoms with Gasteiger partial charge in [-0.3, -0.25) is 9.59 Å². The Hall–Kier alpha value is -2.86. The summed E-state index contributed by atoms with van der Waals surface area (Å²) in [6, 6.07) is 23.5. The molecule has 1 aliphatic heterocycles. The summed E-state index contributed by atoms with van der Waals surface area (Å²) >= 11 is 1.67. The van der Waals surface area contributed by atoms with E-state index in [-0.39, 0.29) is 11.5 Å². The fourth-order valence-corrected chi connectivity index (χ4v) is 4.76. The largest absolute Gasteiger partial charge is 0.342 e. The summed E-state index contributed by atoms with van der Waals surface area (Å²) < 4.78 is 1.58. The van der Waals surface area contributed by atoms with Crippen molar-refractivity contribution in [3.63, 3.8) is 0 Å². The highest BCUT2D eigenvalue weighted by Crippen LogP contribution is 2.21. The Morgan fingerprint density at radius 2 is 1.61 bits per heavy atom. The number of hydrogen-bond acceptors (Lipinski definition) is 4. The molecular formula is C25H27N3O2S.